The second kappa shape index (κ2) is 5.82. The highest BCUT2D eigenvalue weighted by atomic mass is 32.1. The molecule has 0 aliphatic carbocycles. The molecule has 3 N–H and O–H groups in total. The number of aliphatic hydroxyl groups excluding tert-OH is 1. The number of ether oxygens (including phenoxy) is 1. The lowest BCUT2D eigenvalue weighted by Gasteiger charge is -2.11. The van der Waals surface area contributed by atoms with Crippen LogP contribution in [0.25, 0.3) is 0 Å². The normalized spacial score (nSPS) is 12.4. The quantitative estimate of drug-likeness (QED) is 0.855. The summed E-state index contributed by atoms with van der Waals surface area (Å²) < 4.78 is 5.66. The Hall–Kier alpha value is -1.36. The maximum atomic E-state index is 9.00. The van der Waals surface area contributed by atoms with Crippen molar-refractivity contribution in [1.29, 1.82) is 0 Å². The van der Waals surface area contributed by atoms with Crippen molar-refractivity contribution in [1.82, 2.24) is 0 Å². The predicted molar refractivity (Wildman–Crippen MR) is 69.1 cm³/mol. The minimum Gasteiger partial charge on any atom is -0.488 e. The number of benzene rings is 1. The standard InChI is InChI=1S/C13H15NO2S/c14-13(8-15)10-3-1-4-11(7-10)16-9-12-5-2-6-17-12/h1-7,13,15H,8-9,14H2/t13-/m0/s1. The summed E-state index contributed by atoms with van der Waals surface area (Å²) in [6.45, 7) is 0.504. The molecule has 0 radical (unpaired) electrons. The molecule has 90 valence electrons. The highest BCUT2D eigenvalue weighted by Gasteiger charge is 2.05. The van der Waals surface area contributed by atoms with Gasteiger partial charge in [-0.2, -0.15) is 0 Å². The second-order valence-electron chi connectivity index (χ2n) is 3.73. The van der Waals surface area contributed by atoms with Gasteiger partial charge in [0.2, 0.25) is 0 Å². The Balaban J connectivity index is 2.01. The minimum atomic E-state index is -0.347. The highest BCUT2D eigenvalue weighted by Crippen LogP contribution is 2.19. The van der Waals surface area contributed by atoms with Crippen LogP contribution in [0.15, 0.2) is 41.8 Å². The number of hydrogen-bond donors (Lipinski definition) is 2. The summed E-state index contributed by atoms with van der Waals surface area (Å²) in [5.41, 5.74) is 6.64. The Kier molecular flexibility index (Phi) is 4.14. The lowest BCUT2D eigenvalue weighted by Crippen LogP contribution is -2.14. The molecule has 3 nitrogen and oxygen atoms in total. The van der Waals surface area contributed by atoms with Crippen LogP contribution in [0.4, 0.5) is 0 Å². The van der Waals surface area contributed by atoms with Gasteiger partial charge in [0.1, 0.15) is 12.4 Å². The maximum absolute atomic E-state index is 9.00. The van der Waals surface area contributed by atoms with Crippen molar-refractivity contribution in [3.63, 3.8) is 0 Å². The summed E-state index contributed by atoms with van der Waals surface area (Å²) in [5, 5.41) is 11.0. The Bertz CT molecular complexity index is 456. The van der Waals surface area contributed by atoms with E-state index in [1.165, 1.54) is 4.88 Å². The third-order valence-electron chi connectivity index (χ3n) is 2.44. The zero-order valence-corrected chi connectivity index (χ0v) is 10.2. The summed E-state index contributed by atoms with van der Waals surface area (Å²) in [6, 6.07) is 11.2. The highest BCUT2D eigenvalue weighted by molar-refractivity contribution is 7.09. The molecule has 0 aliphatic heterocycles. The van der Waals surface area contributed by atoms with Gasteiger partial charge in [0, 0.05) is 4.88 Å². The van der Waals surface area contributed by atoms with Crippen molar-refractivity contribution < 1.29 is 9.84 Å². The Morgan fingerprint density at radius 2 is 2.18 bits per heavy atom. The van der Waals surface area contributed by atoms with Crippen LogP contribution < -0.4 is 10.5 Å². The molecule has 1 atom stereocenters. The monoisotopic (exact) mass is 249 g/mol. The summed E-state index contributed by atoms with van der Waals surface area (Å²) in [5.74, 6) is 0.778. The van der Waals surface area contributed by atoms with Gasteiger partial charge in [0.25, 0.3) is 0 Å². The van der Waals surface area contributed by atoms with Crippen LogP contribution in [0.1, 0.15) is 16.5 Å². The van der Waals surface area contributed by atoms with Crippen molar-refractivity contribution in [3.05, 3.63) is 52.2 Å². The molecule has 17 heavy (non-hydrogen) atoms. The first-order chi connectivity index (χ1) is 8.29. The smallest absolute Gasteiger partial charge is 0.122 e. The Morgan fingerprint density at radius 3 is 2.88 bits per heavy atom. The molecule has 2 rings (SSSR count). The van der Waals surface area contributed by atoms with E-state index in [-0.39, 0.29) is 12.6 Å². The van der Waals surface area contributed by atoms with Crippen molar-refractivity contribution in [2.24, 2.45) is 5.73 Å². The first kappa shape index (κ1) is 12.1. The van der Waals surface area contributed by atoms with E-state index in [0.29, 0.717) is 6.61 Å². The molecular formula is C13H15NO2S. The van der Waals surface area contributed by atoms with Crippen LogP contribution in [0.2, 0.25) is 0 Å². The van der Waals surface area contributed by atoms with Gasteiger partial charge in [0.05, 0.1) is 12.6 Å². The third-order valence-corrected chi connectivity index (χ3v) is 3.29. The summed E-state index contributed by atoms with van der Waals surface area (Å²) >= 11 is 1.67. The molecule has 0 unspecified atom stereocenters. The van der Waals surface area contributed by atoms with Gasteiger partial charge >= 0.3 is 0 Å². The van der Waals surface area contributed by atoms with Crippen molar-refractivity contribution in [2.75, 3.05) is 6.61 Å². The molecule has 1 aromatic heterocycles. The van der Waals surface area contributed by atoms with E-state index in [2.05, 4.69) is 0 Å². The van der Waals surface area contributed by atoms with Gasteiger partial charge in [0.15, 0.2) is 0 Å². The third kappa shape index (κ3) is 3.30. The molecule has 0 aliphatic rings. The maximum Gasteiger partial charge on any atom is 0.122 e. The van der Waals surface area contributed by atoms with Crippen molar-refractivity contribution in [3.8, 4) is 5.75 Å². The van der Waals surface area contributed by atoms with E-state index in [1.54, 1.807) is 11.3 Å². The van der Waals surface area contributed by atoms with Crippen molar-refractivity contribution >= 4 is 11.3 Å². The summed E-state index contributed by atoms with van der Waals surface area (Å²) in [6.07, 6.45) is 0. The van der Waals surface area contributed by atoms with Crippen LogP contribution in [-0.2, 0) is 6.61 Å². The topological polar surface area (TPSA) is 55.5 Å². The fourth-order valence-corrected chi connectivity index (χ4v) is 2.11. The van der Waals surface area contributed by atoms with Gasteiger partial charge in [-0.3, -0.25) is 0 Å². The average Bonchev–Trinajstić information content (AvgIpc) is 2.89. The van der Waals surface area contributed by atoms with E-state index in [0.717, 1.165) is 11.3 Å². The minimum absolute atomic E-state index is 0.0611. The van der Waals surface area contributed by atoms with E-state index in [1.807, 2.05) is 41.8 Å². The molecule has 0 amide bonds. The van der Waals surface area contributed by atoms with Gasteiger partial charge in [-0.1, -0.05) is 18.2 Å². The van der Waals surface area contributed by atoms with E-state index in [4.69, 9.17) is 15.6 Å². The molecule has 0 fully saturated rings. The molecule has 0 spiro atoms. The van der Waals surface area contributed by atoms with Gasteiger partial charge < -0.3 is 15.6 Å². The van der Waals surface area contributed by atoms with Crippen LogP contribution in [-0.4, -0.2) is 11.7 Å². The molecule has 4 heteroatoms. The fraction of sp³-hybridized carbons (Fsp3) is 0.231. The number of nitrogens with two attached hydrogens (primary N) is 1. The molecule has 1 heterocycles. The molecule has 0 saturated carbocycles. The van der Waals surface area contributed by atoms with E-state index < -0.39 is 0 Å². The van der Waals surface area contributed by atoms with E-state index in [9.17, 15) is 0 Å². The number of aliphatic hydroxyl groups is 1. The zero-order chi connectivity index (χ0) is 12.1. The zero-order valence-electron chi connectivity index (χ0n) is 9.37. The predicted octanol–water partition coefficient (Wildman–Crippen LogP) is 2.32. The van der Waals surface area contributed by atoms with E-state index >= 15 is 0 Å². The molecular weight excluding hydrogens is 234 g/mol. The van der Waals surface area contributed by atoms with Crippen LogP contribution in [0, 0.1) is 0 Å². The van der Waals surface area contributed by atoms with Crippen LogP contribution >= 0.6 is 11.3 Å². The van der Waals surface area contributed by atoms with Crippen LogP contribution in [0.3, 0.4) is 0 Å². The Labute approximate surface area is 104 Å². The lowest BCUT2D eigenvalue weighted by molar-refractivity contribution is 0.267. The molecule has 0 saturated heterocycles. The summed E-state index contributed by atoms with van der Waals surface area (Å²) in [7, 11) is 0. The Morgan fingerprint density at radius 1 is 1.29 bits per heavy atom. The largest absolute Gasteiger partial charge is 0.488 e. The molecule has 1 aromatic carbocycles. The molecule has 0 bridgehead atoms. The van der Waals surface area contributed by atoms with Crippen LogP contribution in [0.5, 0.6) is 5.75 Å². The first-order valence-electron chi connectivity index (χ1n) is 5.41. The first-order valence-corrected chi connectivity index (χ1v) is 6.29. The van der Waals surface area contributed by atoms with Crippen molar-refractivity contribution in [2.45, 2.75) is 12.6 Å². The average molecular weight is 249 g/mol. The number of thiophene rings is 1. The SMILES string of the molecule is N[C@@H](CO)c1cccc(OCc2cccs2)c1. The van der Waals surface area contributed by atoms with Gasteiger partial charge in [-0.15, -0.1) is 11.3 Å². The van der Waals surface area contributed by atoms with Gasteiger partial charge in [-0.25, -0.2) is 0 Å². The second-order valence-corrected chi connectivity index (χ2v) is 4.76. The lowest BCUT2D eigenvalue weighted by atomic mass is 10.1. The number of hydrogen-bond acceptors (Lipinski definition) is 4. The summed E-state index contributed by atoms with van der Waals surface area (Å²) in [4.78, 5) is 1.18. The van der Waals surface area contributed by atoms with Gasteiger partial charge in [-0.05, 0) is 29.1 Å². The fourth-order valence-electron chi connectivity index (χ4n) is 1.49. The molecule has 2 aromatic rings. The number of rotatable bonds is 5.